The second-order valence-electron chi connectivity index (χ2n) is 23.2. The van der Waals surface area contributed by atoms with Crippen molar-refractivity contribution in [3.63, 3.8) is 0 Å². The Labute approximate surface area is 420 Å². The summed E-state index contributed by atoms with van der Waals surface area (Å²) in [6.07, 6.45) is 9.90. The molecule has 10 nitrogen and oxygen atoms in total. The van der Waals surface area contributed by atoms with E-state index >= 15 is 0 Å². The van der Waals surface area contributed by atoms with Gasteiger partial charge in [0.1, 0.15) is 11.2 Å². The molecule has 71 heavy (non-hydrogen) atoms. The molecule has 0 N–H and O–H groups in total. The molecule has 10 heteroatoms. The molecule has 0 spiro atoms. The summed E-state index contributed by atoms with van der Waals surface area (Å²) >= 11 is 0. The maximum Gasteiger partial charge on any atom is 0.419 e. The molecule has 2 aliphatic carbocycles. The molecular formula is C61H70N6O4. The van der Waals surface area contributed by atoms with Crippen molar-refractivity contribution in [3.05, 3.63) is 140 Å². The van der Waals surface area contributed by atoms with Gasteiger partial charge in [0, 0.05) is 67.6 Å². The zero-order valence-corrected chi connectivity index (χ0v) is 43.3. The summed E-state index contributed by atoms with van der Waals surface area (Å²) in [6, 6.07) is 28.1. The summed E-state index contributed by atoms with van der Waals surface area (Å²) < 4.78 is 15.7. The molecule has 4 aromatic carbocycles. The van der Waals surface area contributed by atoms with Crippen LogP contribution in [-0.2, 0) is 28.7 Å². The lowest BCUT2D eigenvalue weighted by Gasteiger charge is -2.27. The number of nitriles is 2. The minimum atomic E-state index is -0.927. The third-order valence-electron chi connectivity index (χ3n) is 16.1. The third-order valence-corrected chi connectivity index (χ3v) is 16.1. The Morgan fingerprint density at radius 3 is 1.72 bits per heavy atom. The first-order chi connectivity index (χ1) is 33.9. The average Bonchev–Trinajstić information content (AvgIpc) is 4.17. The molecule has 2 aromatic heterocycles. The first-order valence-corrected chi connectivity index (χ1v) is 26.1. The van der Waals surface area contributed by atoms with E-state index in [9.17, 15) is 20.1 Å². The van der Waals surface area contributed by atoms with Crippen LogP contribution in [0.2, 0.25) is 0 Å². The molecule has 4 fully saturated rings. The fraction of sp³-hybridized carbons (Fsp3) is 0.475. The second kappa shape index (κ2) is 18.8. The van der Waals surface area contributed by atoms with Crippen LogP contribution in [-0.4, -0.2) is 82.1 Å². The van der Waals surface area contributed by atoms with E-state index in [0.717, 1.165) is 84.1 Å². The Morgan fingerprint density at radius 2 is 1.20 bits per heavy atom. The lowest BCUT2D eigenvalue weighted by atomic mass is 9.80. The number of hydrogen-bond acceptors (Lipinski definition) is 8. The Hall–Kier alpha value is -6.20. The molecule has 2 aliphatic heterocycles. The molecule has 4 atom stereocenters. The molecule has 368 valence electrons. The van der Waals surface area contributed by atoms with Crippen molar-refractivity contribution in [2.45, 2.75) is 135 Å². The molecular weight excluding hydrogens is 881 g/mol. The Balaban J connectivity index is 0.913. The van der Waals surface area contributed by atoms with Crippen molar-refractivity contribution in [3.8, 4) is 12.1 Å². The third kappa shape index (κ3) is 9.79. The van der Waals surface area contributed by atoms with Crippen LogP contribution in [0.15, 0.2) is 79.1 Å². The van der Waals surface area contributed by atoms with Crippen molar-refractivity contribution >= 4 is 34.0 Å². The fourth-order valence-corrected chi connectivity index (χ4v) is 12.5. The Bertz CT molecular complexity index is 3130. The fourth-order valence-electron chi connectivity index (χ4n) is 12.5. The van der Waals surface area contributed by atoms with E-state index in [-0.39, 0.29) is 12.0 Å². The van der Waals surface area contributed by atoms with Gasteiger partial charge in [-0.2, -0.15) is 10.5 Å². The van der Waals surface area contributed by atoms with Crippen molar-refractivity contribution in [2.24, 2.45) is 11.8 Å². The van der Waals surface area contributed by atoms with Gasteiger partial charge in [-0.15, -0.1) is 0 Å². The van der Waals surface area contributed by atoms with Crippen LogP contribution in [0.4, 0.5) is 9.59 Å². The molecule has 4 heterocycles. The zero-order chi connectivity index (χ0) is 50.1. The molecule has 10 rings (SSSR count). The van der Waals surface area contributed by atoms with E-state index in [0.29, 0.717) is 47.1 Å². The van der Waals surface area contributed by atoms with Gasteiger partial charge in [0.05, 0.1) is 34.3 Å². The van der Waals surface area contributed by atoms with Gasteiger partial charge >= 0.3 is 12.2 Å². The summed E-state index contributed by atoms with van der Waals surface area (Å²) in [5.74, 6) is 2.34. The van der Waals surface area contributed by atoms with Gasteiger partial charge in [-0.05, 0) is 205 Å². The van der Waals surface area contributed by atoms with Gasteiger partial charge in [0.25, 0.3) is 0 Å². The highest BCUT2D eigenvalue weighted by atomic mass is 16.6. The lowest BCUT2D eigenvalue weighted by Crippen LogP contribution is -2.33. The number of aromatic nitrogens is 2. The number of carbonyl (C=O) groups is 2. The predicted molar refractivity (Wildman–Crippen MR) is 280 cm³/mol. The number of likely N-dealkylation sites (tertiary alicyclic amines) is 2. The highest BCUT2D eigenvalue weighted by Gasteiger charge is 2.39. The van der Waals surface area contributed by atoms with Gasteiger partial charge in [-0.1, -0.05) is 43.3 Å². The smallest absolute Gasteiger partial charge is 0.419 e. The van der Waals surface area contributed by atoms with Crippen molar-refractivity contribution < 1.29 is 19.1 Å². The number of hydrogen-bond donors (Lipinski definition) is 0. The van der Waals surface area contributed by atoms with Crippen LogP contribution >= 0.6 is 0 Å². The number of benzene rings is 4. The highest BCUT2D eigenvalue weighted by molar-refractivity contribution is 5.96. The van der Waals surface area contributed by atoms with Gasteiger partial charge < -0.3 is 19.3 Å². The second-order valence-corrected chi connectivity index (χ2v) is 23.2. The minimum absolute atomic E-state index is 0.219. The summed E-state index contributed by atoms with van der Waals surface area (Å²) in [5, 5.41) is 22.2. The maximum atomic E-state index is 14.5. The number of fused-ring (bicyclic) bond motifs is 2. The molecule has 4 aliphatic rings. The van der Waals surface area contributed by atoms with Gasteiger partial charge in [-0.3, -0.25) is 9.13 Å². The highest BCUT2D eigenvalue weighted by Crippen LogP contribution is 2.48. The van der Waals surface area contributed by atoms with Gasteiger partial charge in [0.15, 0.2) is 0 Å². The van der Waals surface area contributed by atoms with E-state index < -0.39 is 17.3 Å². The van der Waals surface area contributed by atoms with Crippen LogP contribution in [0.3, 0.4) is 0 Å². The maximum absolute atomic E-state index is 14.5. The van der Waals surface area contributed by atoms with E-state index in [1.54, 1.807) is 9.13 Å². The summed E-state index contributed by atoms with van der Waals surface area (Å²) in [7, 11) is 2.20. The standard InChI is InChI=1S/C61H70N6O4/c1-10-65-34-47(29-53-49-21-23-66(58(68)70-60(4,5)6)56(49)37(2)25-51(53)41-17-18-41)55(36-65)43-19-20-44(32-63)45(27-43)30-61(7,8)71-59(69)67-24-22-48-52(50(40-15-16-40)26-38(3)57(48)67)28-46-33-64(9)35-54(46)42-13-11-39(31-62)12-14-42/h11-14,19-27,40-41,46-47,54-55H,10,15-18,28-30,33-36H2,1-9H3/t46-,47-,54?,55?/m1/s1. The largest absolute Gasteiger partial charge is 0.443 e. The molecule has 2 unspecified atom stereocenters. The zero-order valence-electron chi connectivity index (χ0n) is 43.3. The first kappa shape index (κ1) is 48.4. The van der Waals surface area contributed by atoms with Gasteiger partial charge in [0.2, 0.25) is 0 Å². The number of aryl methyl sites for hydroxylation is 2. The minimum Gasteiger partial charge on any atom is -0.443 e. The van der Waals surface area contributed by atoms with E-state index in [2.05, 4.69) is 98.3 Å². The number of nitrogens with zero attached hydrogens (tertiary/aromatic N) is 6. The number of likely N-dealkylation sites (N-methyl/N-ethyl adjacent to an activating group) is 2. The summed E-state index contributed by atoms with van der Waals surface area (Å²) in [4.78, 5) is 33.0. The molecule has 6 aromatic rings. The Kier molecular flexibility index (Phi) is 12.8. The number of rotatable bonds is 12. The lowest BCUT2D eigenvalue weighted by molar-refractivity contribution is 0.0407. The van der Waals surface area contributed by atoms with Crippen molar-refractivity contribution in [1.82, 2.24) is 18.9 Å². The van der Waals surface area contributed by atoms with E-state index in [4.69, 9.17) is 9.47 Å². The molecule has 0 bridgehead atoms. The summed E-state index contributed by atoms with van der Waals surface area (Å²) in [6.45, 7) is 20.8. The van der Waals surface area contributed by atoms with E-state index in [1.165, 1.54) is 59.1 Å². The number of ether oxygens (including phenoxy) is 2. The summed E-state index contributed by atoms with van der Waals surface area (Å²) in [5.41, 5.74) is 12.6. The molecule has 2 saturated heterocycles. The monoisotopic (exact) mass is 951 g/mol. The van der Waals surface area contributed by atoms with Crippen molar-refractivity contribution in [2.75, 3.05) is 39.8 Å². The molecule has 0 radical (unpaired) electrons. The average molecular weight is 951 g/mol. The normalized spacial score (nSPS) is 20.9. The van der Waals surface area contributed by atoms with Gasteiger partial charge in [-0.25, -0.2) is 9.59 Å². The topological polar surface area (TPSA) is 117 Å². The van der Waals surface area contributed by atoms with Crippen LogP contribution in [0.25, 0.3) is 21.8 Å². The first-order valence-electron chi connectivity index (χ1n) is 26.1. The Morgan fingerprint density at radius 1 is 0.662 bits per heavy atom. The molecule has 2 saturated carbocycles. The predicted octanol–water partition coefficient (Wildman–Crippen LogP) is 12.7. The van der Waals surface area contributed by atoms with Crippen LogP contribution in [0.1, 0.15) is 152 Å². The van der Waals surface area contributed by atoms with Crippen LogP contribution in [0.5, 0.6) is 0 Å². The SMILES string of the molecule is CCN1CC(c2ccc(C#N)c(CC(C)(C)OC(=O)n3ccc4c(C[C@@H]5CN(C)CC5c5ccc(C#N)cc5)c(C5CC5)cc(C)c43)c2)[C@H](Cc2c(C3CC3)cc(C)c3c2ccn3C(=O)OC(C)(C)C)C1. The molecule has 0 amide bonds. The van der Waals surface area contributed by atoms with Crippen LogP contribution in [0, 0.1) is 48.3 Å². The van der Waals surface area contributed by atoms with Crippen molar-refractivity contribution in [1.29, 1.82) is 10.5 Å². The van der Waals surface area contributed by atoms with Crippen LogP contribution < -0.4 is 0 Å². The number of carbonyl (C=O) groups excluding carboxylic acids is 2. The van der Waals surface area contributed by atoms with E-state index in [1.807, 2.05) is 65.2 Å². The quantitative estimate of drug-likeness (QED) is 0.119.